The van der Waals surface area contributed by atoms with Crippen LogP contribution in [0.25, 0.3) is 11.0 Å². The van der Waals surface area contributed by atoms with Gasteiger partial charge in [0.1, 0.15) is 17.1 Å². The first-order valence-electron chi connectivity index (χ1n) is 8.80. The minimum atomic E-state index is 0.00111. The molecule has 1 unspecified atom stereocenters. The number of piperazine rings is 1. The normalized spacial score (nSPS) is 17.0. The fourth-order valence-electron chi connectivity index (χ4n) is 3.54. The number of carbonyl (C=O) groups is 1. The van der Waals surface area contributed by atoms with Crippen molar-refractivity contribution in [3.05, 3.63) is 29.5 Å². The zero-order valence-electron chi connectivity index (χ0n) is 15.1. The first-order valence-corrected chi connectivity index (χ1v) is 8.80. The fourth-order valence-corrected chi connectivity index (χ4v) is 3.54. The van der Waals surface area contributed by atoms with Gasteiger partial charge in [0.05, 0.1) is 19.3 Å². The average molecular weight is 346 g/mol. The lowest BCUT2D eigenvalue weighted by Crippen LogP contribution is -2.52. The smallest absolute Gasteiger partial charge is 0.258 e. The van der Waals surface area contributed by atoms with Crippen LogP contribution in [0.5, 0.6) is 5.75 Å². The topological polar surface area (TPSA) is 66.2 Å². The van der Waals surface area contributed by atoms with E-state index < -0.39 is 0 Å². The zero-order valence-corrected chi connectivity index (χ0v) is 15.1. The average Bonchev–Trinajstić information content (AvgIpc) is 2.97. The summed E-state index contributed by atoms with van der Waals surface area (Å²) in [5.41, 5.74) is 1.32. The minimum absolute atomic E-state index is 0.00111. The Labute approximate surface area is 148 Å². The third-order valence-corrected chi connectivity index (χ3v) is 5.08. The van der Waals surface area contributed by atoms with Crippen LogP contribution in [-0.4, -0.2) is 66.8 Å². The number of aliphatic hydroxyl groups excluding tert-OH is 1. The maximum Gasteiger partial charge on any atom is 0.258 e. The number of carbonyl (C=O) groups excluding carboxylic acids is 1. The van der Waals surface area contributed by atoms with Crippen LogP contribution < -0.4 is 4.74 Å². The van der Waals surface area contributed by atoms with Crippen molar-refractivity contribution in [2.45, 2.75) is 26.3 Å². The molecule has 0 aliphatic carbocycles. The molecule has 1 saturated heterocycles. The third-order valence-electron chi connectivity index (χ3n) is 5.08. The fraction of sp³-hybridized carbons (Fsp3) is 0.526. The summed E-state index contributed by atoms with van der Waals surface area (Å²) in [6.07, 6.45) is 0.912. The summed E-state index contributed by atoms with van der Waals surface area (Å²) in [5, 5.41) is 10.3. The van der Waals surface area contributed by atoms with E-state index in [1.54, 1.807) is 7.11 Å². The van der Waals surface area contributed by atoms with Gasteiger partial charge in [-0.3, -0.25) is 9.69 Å². The summed E-state index contributed by atoms with van der Waals surface area (Å²) in [4.78, 5) is 17.2. The van der Waals surface area contributed by atoms with Gasteiger partial charge < -0.3 is 19.2 Å². The molecule has 1 atom stereocenters. The standard InChI is InChI=1S/C19H26N2O4/c1-4-14(12-22)20-7-9-21(10-8-20)19(23)18-13(2)25-17-6-5-15(24-3)11-16(17)18/h5-6,11,14,22H,4,7-10,12H2,1-3H3. The van der Waals surface area contributed by atoms with Crippen LogP contribution in [-0.2, 0) is 0 Å². The Kier molecular flexibility index (Phi) is 5.30. The number of benzene rings is 1. The molecule has 0 radical (unpaired) electrons. The molecular formula is C19H26N2O4. The highest BCUT2D eigenvalue weighted by atomic mass is 16.5. The van der Waals surface area contributed by atoms with Crippen molar-refractivity contribution in [3.63, 3.8) is 0 Å². The number of nitrogens with zero attached hydrogens (tertiary/aromatic N) is 2. The summed E-state index contributed by atoms with van der Waals surface area (Å²) in [7, 11) is 1.61. The molecule has 136 valence electrons. The highest BCUT2D eigenvalue weighted by molar-refractivity contribution is 6.07. The molecule has 1 N–H and O–H groups in total. The lowest BCUT2D eigenvalue weighted by Gasteiger charge is -2.38. The number of hydrogen-bond donors (Lipinski definition) is 1. The Hall–Kier alpha value is -2.05. The van der Waals surface area contributed by atoms with Crippen molar-refractivity contribution in [3.8, 4) is 5.75 Å². The molecular weight excluding hydrogens is 320 g/mol. The van der Waals surface area contributed by atoms with Crippen molar-refractivity contribution >= 4 is 16.9 Å². The van der Waals surface area contributed by atoms with Crippen LogP contribution in [0.3, 0.4) is 0 Å². The summed E-state index contributed by atoms with van der Waals surface area (Å²) < 4.78 is 11.0. The predicted octanol–water partition coefficient (Wildman–Crippen LogP) is 2.28. The van der Waals surface area contributed by atoms with Gasteiger partial charge in [0.25, 0.3) is 5.91 Å². The van der Waals surface area contributed by atoms with E-state index in [4.69, 9.17) is 9.15 Å². The van der Waals surface area contributed by atoms with Gasteiger partial charge in [0.15, 0.2) is 0 Å². The molecule has 1 aliphatic rings. The monoisotopic (exact) mass is 346 g/mol. The number of methoxy groups -OCH3 is 1. The molecule has 0 saturated carbocycles. The van der Waals surface area contributed by atoms with Gasteiger partial charge in [0.2, 0.25) is 0 Å². The molecule has 0 bridgehead atoms. The van der Waals surface area contributed by atoms with Gasteiger partial charge in [-0.2, -0.15) is 0 Å². The van der Waals surface area contributed by atoms with E-state index in [0.717, 1.165) is 24.9 Å². The lowest BCUT2D eigenvalue weighted by atomic mass is 10.1. The van der Waals surface area contributed by atoms with Gasteiger partial charge >= 0.3 is 0 Å². The van der Waals surface area contributed by atoms with Crippen LogP contribution in [0.15, 0.2) is 22.6 Å². The second kappa shape index (κ2) is 7.45. The number of rotatable bonds is 5. The summed E-state index contributed by atoms with van der Waals surface area (Å²) in [5.74, 6) is 1.35. The summed E-state index contributed by atoms with van der Waals surface area (Å²) in [6.45, 7) is 6.94. The van der Waals surface area contributed by atoms with Crippen molar-refractivity contribution in [1.29, 1.82) is 0 Å². The number of ether oxygens (including phenoxy) is 1. The maximum absolute atomic E-state index is 13.1. The molecule has 1 amide bonds. The highest BCUT2D eigenvalue weighted by Crippen LogP contribution is 2.30. The molecule has 0 spiro atoms. The van der Waals surface area contributed by atoms with Crippen molar-refractivity contribution < 1.29 is 19.1 Å². The van der Waals surface area contributed by atoms with Gasteiger partial charge in [-0.15, -0.1) is 0 Å². The van der Waals surface area contributed by atoms with E-state index in [0.29, 0.717) is 35.7 Å². The summed E-state index contributed by atoms with van der Waals surface area (Å²) >= 11 is 0. The molecule has 6 nitrogen and oxygen atoms in total. The van der Waals surface area contributed by atoms with Gasteiger partial charge in [-0.05, 0) is 31.5 Å². The van der Waals surface area contributed by atoms with E-state index in [2.05, 4.69) is 11.8 Å². The molecule has 2 aromatic rings. The number of hydrogen-bond acceptors (Lipinski definition) is 5. The molecule has 6 heteroatoms. The van der Waals surface area contributed by atoms with Gasteiger partial charge in [-0.1, -0.05) is 6.92 Å². The minimum Gasteiger partial charge on any atom is -0.497 e. The van der Waals surface area contributed by atoms with Gasteiger partial charge in [-0.25, -0.2) is 0 Å². The van der Waals surface area contributed by atoms with Crippen LogP contribution >= 0.6 is 0 Å². The van der Waals surface area contributed by atoms with Crippen LogP contribution in [0.4, 0.5) is 0 Å². The van der Waals surface area contributed by atoms with Crippen LogP contribution in [0.1, 0.15) is 29.5 Å². The Morgan fingerprint density at radius 2 is 2.04 bits per heavy atom. The Bertz CT molecular complexity index is 743. The quantitative estimate of drug-likeness (QED) is 0.900. The molecule has 1 fully saturated rings. The summed E-state index contributed by atoms with van der Waals surface area (Å²) in [6, 6.07) is 5.70. The highest BCUT2D eigenvalue weighted by Gasteiger charge is 2.28. The molecule has 1 aromatic carbocycles. The van der Waals surface area contributed by atoms with E-state index in [1.807, 2.05) is 30.0 Å². The van der Waals surface area contributed by atoms with Crippen molar-refractivity contribution in [2.75, 3.05) is 39.9 Å². The molecule has 1 aromatic heterocycles. The maximum atomic E-state index is 13.1. The SMILES string of the molecule is CCC(CO)N1CCN(C(=O)c2c(C)oc3ccc(OC)cc23)CC1. The molecule has 25 heavy (non-hydrogen) atoms. The van der Waals surface area contributed by atoms with E-state index in [1.165, 1.54) is 0 Å². The Morgan fingerprint density at radius 1 is 1.32 bits per heavy atom. The molecule has 1 aliphatic heterocycles. The number of aryl methyl sites for hydroxylation is 1. The molecule has 2 heterocycles. The first-order chi connectivity index (χ1) is 12.1. The predicted molar refractivity (Wildman–Crippen MR) is 96.1 cm³/mol. The molecule has 3 rings (SSSR count). The van der Waals surface area contributed by atoms with Crippen molar-refractivity contribution in [1.82, 2.24) is 9.80 Å². The number of furan rings is 1. The Balaban J connectivity index is 1.80. The number of aliphatic hydroxyl groups is 1. The Morgan fingerprint density at radius 3 is 2.64 bits per heavy atom. The number of amides is 1. The largest absolute Gasteiger partial charge is 0.497 e. The number of fused-ring (bicyclic) bond motifs is 1. The third kappa shape index (κ3) is 3.37. The first kappa shape index (κ1) is 17.8. The van der Waals surface area contributed by atoms with E-state index in [-0.39, 0.29) is 18.6 Å². The van der Waals surface area contributed by atoms with Crippen LogP contribution in [0.2, 0.25) is 0 Å². The second-order valence-corrected chi connectivity index (χ2v) is 6.47. The second-order valence-electron chi connectivity index (χ2n) is 6.47. The zero-order chi connectivity index (χ0) is 18.0. The van der Waals surface area contributed by atoms with E-state index >= 15 is 0 Å². The van der Waals surface area contributed by atoms with E-state index in [9.17, 15) is 9.90 Å². The van der Waals surface area contributed by atoms with Crippen LogP contribution in [0, 0.1) is 6.92 Å². The van der Waals surface area contributed by atoms with Crippen molar-refractivity contribution in [2.24, 2.45) is 0 Å². The van der Waals surface area contributed by atoms with Gasteiger partial charge in [0, 0.05) is 37.6 Å². The lowest BCUT2D eigenvalue weighted by molar-refractivity contribution is 0.0472.